The van der Waals surface area contributed by atoms with E-state index in [1.165, 1.54) is 11.9 Å². The maximum Gasteiger partial charge on any atom is 0.159 e. The fraction of sp³-hybridized carbons (Fsp3) is 0.300. The van der Waals surface area contributed by atoms with Gasteiger partial charge in [0.15, 0.2) is 5.82 Å². The Balaban J connectivity index is 2.14. The second kappa shape index (κ2) is 3.05. The molecule has 0 amide bonds. The van der Waals surface area contributed by atoms with Gasteiger partial charge in [-0.05, 0) is 19.3 Å². The summed E-state index contributed by atoms with van der Waals surface area (Å²) in [5, 5.41) is 4.46. The third kappa shape index (κ3) is 1.20. The van der Waals surface area contributed by atoms with Crippen molar-refractivity contribution < 1.29 is 0 Å². The van der Waals surface area contributed by atoms with Gasteiger partial charge in [0.25, 0.3) is 0 Å². The maximum absolute atomic E-state index is 6.03. The van der Waals surface area contributed by atoms with Gasteiger partial charge in [0.2, 0.25) is 0 Å². The van der Waals surface area contributed by atoms with E-state index in [1.54, 1.807) is 16.9 Å². The Bertz CT molecular complexity index is 488. The largest absolute Gasteiger partial charge is 0.383 e. The van der Waals surface area contributed by atoms with Crippen molar-refractivity contribution in [1.29, 1.82) is 0 Å². The molecule has 2 aromatic heterocycles. The van der Waals surface area contributed by atoms with Crippen LogP contribution in [0, 0.1) is 0 Å². The molecule has 15 heavy (non-hydrogen) atoms. The van der Waals surface area contributed by atoms with E-state index in [2.05, 4.69) is 15.1 Å². The number of fused-ring (bicyclic) bond motifs is 1. The lowest BCUT2D eigenvalue weighted by Crippen LogP contribution is -2.05. The van der Waals surface area contributed by atoms with Gasteiger partial charge in [-0.25, -0.2) is 9.97 Å². The third-order valence-electron chi connectivity index (χ3n) is 2.73. The lowest BCUT2D eigenvalue weighted by atomic mass is 10.2. The van der Waals surface area contributed by atoms with E-state index in [9.17, 15) is 0 Å². The van der Waals surface area contributed by atoms with Crippen LogP contribution in [0.4, 0.5) is 5.82 Å². The zero-order chi connectivity index (χ0) is 10.3. The molecule has 2 heterocycles. The number of rotatable bonds is 1. The quantitative estimate of drug-likeness (QED) is 0.738. The van der Waals surface area contributed by atoms with E-state index in [4.69, 9.17) is 5.73 Å². The van der Waals surface area contributed by atoms with Crippen LogP contribution in [0.25, 0.3) is 5.82 Å². The van der Waals surface area contributed by atoms with Gasteiger partial charge in [0.05, 0.1) is 5.69 Å². The molecule has 5 nitrogen and oxygen atoms in total. The number of nitrogen functional groups attached to an aromatic ring is 1. The van der Waals surface area contributed by atoms with Gasteiger partial charge in [0.1, 0.15) is 12.1 Å². The molecule has 0 unspecified atom stereocenters. The van der Waals surface area contributed by atoms with Crippen molar-refractivity contribution >= 4 is 5.82 Å². The second-order valence-electron chi connectivity index (χ2n) is 3.64. The SMILES string of the molecule is Nc1c2c(nn1-c1ccncn1)CCC2. The zero-order valence-corrected chi connectivity index (χ0v) is 8.22. The van der Waals surface area contributed by atoms with E-state index in [-0.39, 0.29) is 0 Å². The first kappa shape index (κ1) is 8.40. The molecule has 5 heteroatoms. The molecule has 0 atom stereocenters. The number of nitrogens with zero attached hydrogens (tertiary/aromatic N) is 4. The van der Waals surface area contributed by atoms with E-state index >= 15 is 0 Å². The highest BCUT2D eigenvalue weighted by Gasteiger charge is 2.21. The summed E-state index contributed by atoms with van der Waals surface area (Å²) in [4.78, 5) is 8.00. The van der Waals surface area contributed by atoms with Crippen molar-refractivity contribution in [2.75, 3.05) is 5.73 Å². The number of hydrogen-bond donors (Lipinski definition) is 1. The minimum absolute atomic E-state index is 0.723. The number of nitrogens with two attached hydrogens (primary N) is 1. The summed E-state index contributed by atoms with van der Waals surface area (Å²) in [7, 11) is 0. The molecule has 3 rings (SSSR count). The Labute approximate surface area is 87.0 Å². The van der Waals surface area contributed by atoms with Crippen LogP contribution in [-0.2, 0) is 12.8 Å². The highest BCUT2D eigenvalue weighted by atomic mass is 15.3. The second-order valence-corrected chi connectivity index (χ2v) is 3.64. The third-order valence-corrected chi connectivity index (χ3v) is 2.73. The van der Waals surface area contributed by atoms with Gasteiger partial charge in [-0.2, -0.15) is 9.78 Å². The van der Waals surface area contributed by atoms with Crippen molar-refractivity contribution in [3.05, 3.63) is 29.8 Å². The normalized spacial score (nSPS) is 14.1. The minimum atomic E-state index is 0.723. The molecule has 1 aliphatic rings. The summed E-state index contributed by atoms with van der Waals surface area (Å²) in [6.07, 6.45) is 6.41. The predicted molar refractivity (Wildman–Crippen MR) is 55.6 cm³/mol. The molecular formula is C10H11N5. The Morgan fingerprint density at radius 3 is 3.00 bits per heavy atom. The molecule has 0 bridgehead atoms. The fourth-order valence-corrected chi connectivity index (χ4v) is 2.00. The molecule has 76 valence electrons. The molecule has 0 aromatic carbocycles. The summed E-state index contributed by atoms with van der Waals surface area (Å²) in [5.41, 5.74) is 8.33. The average Bonchev–Trinajstić information content (AvgIpc) is 2.83. The summed E-state index contributed by atoms with van der Waals surface area (Å²) in [6, 6.07) is 1.80. The Hall–Kier alpha value is -1.91. The molecule has 0 aliphatic heterocycles. The van der Waals surface area contributed by atoms with Crippen molar-refractivity contribution in [3.63, 3.8) is 0 Å². The summed E-state index contributed by atoms with van der Waals surface area (Å²) >= 11 is 0. The van der Waals surface area contributed by atoms with Crippen LogP contribution in [-0.4, -0.2) is 19.7 Å². The van der Waals surface area contributed by atoms with Crippen LogP contribution in [0.2, 0.25) is 0 Å². The molecule has 2 N–H and O–H groups in total. The first-order valence-electron chi connectivity index (χ1n) is 4.99. The van der Waals surface area contributed by atoms with Gasteiger partial charge in [-0.3, -0.25) is 0 Å². The number of aromatic nitrogens is 4. The zero-order valence-electron chi connectivity index (χ0n) is 8.22. The minimum Gasteiger partial charge on any atom is -0.383 e. The average molecular weight is 201 g/mol. The summed E-state index contributed by atoms with van der Waals surface area (Å²) < 4.78 is 1.70. The highest BCUT2D eigenvalue weighted by Crippen LogP contribution is 2.27. The maximum atomic E-state index is 6.03. The molecule has 0 fully saturated rings. The van der Waals surface area contributed by atoms with Crippen LogP contribution < -0.4 is 5.73 Å². The predicted octanol–water partition coefficient (Wildman–Crippen LogP) is 0.733. The summed E-state index contributed by atoms with van der Waals surface area (Å²) in [5.74, 6) is 1.46. The Morgan fingerprint density at radius 1 is 1.33 bits per heavy atom. The fourth-order valence-electron chi connectivity index (χ4n) is 2.00. The van der Waals surface area contributed by atoms with Gasteiger partial charge >= 0.3 is 0 Å². The number of anilines is 1. The van der Waals surface area contributed by atoms with Gasteiger partial charge in [0, 0.05) is 17.8 Å². The van der Waals surface area contributed by atoms with Gasteiger partial charge in [-0.15, -0.1) is 0 Å². The van der Waals surface area contributed by atoms with E-state index < -0.39 is 0 Å². The highest BCUT2D eigenvalue weighted by molar-refractivity contribution is 5.49. The molecular weight excluding hydrogens is 190 g/mol. The van der Waals surface area contributed by atoms with Crippen LogP contribution in [0.3, 0.4) is 0 Å². The van der Waals surface area contributed by atoms with Crippen LogP contribution in [0.5, 0.6) is 0 Å². The molecule has 1 aliphatic carbocycles. The van der Waals surface area contributed by atoms with Crippen LogP contribution in [0.1, 0.15) is 17.7 Å². The Kier molecular flexibility index (Phi) is 1.71. The first-order valence-corrected chi connectivity index (χ1v) is 4.99. The van der Waals surface area contributed by atoms with Crippen molar-refractivity contribution in [3.8, 4) is 5.82 Å². The number of hydrogen-bond acceptors (Lipinski definition) is 4. The van der Waals surface area contributed by atoms with Crippen LogP contribution in [0.15, 0.2) is 18.6 Å². The van der Waals surface area contributed by atoms with Crippen molar-refractivity contribution in [2.45, 2.75) is 19.3 Å². The van der Waals surface area contributed by atoms with E-state index in [1.807, 2.05) is 0 Å². The summed E-state index contributed by atoms with van der Waals surface area (Å²) in [6.45, 7) is 0. The van der Waals surface area contributed by atoms with Crippen molar-refractivity contribution in [2.24, 2.45) is 0 Å². The van der Waals surface area contributed by atoms with Gasteiger partial charge in [-0.1, -0.05) is 0 Å². The number of aryl methyl sites for hydroxylation is 1. The lowest BCUT2D eigenvalue weighted by molar-refractivity contribution is 0.789. The smallest absolute Gasteiger partial charge is 0.159 e. The molecule has 0 saturated heterocycles. The topological polar surface area (TPSA) is 69.6 Å². The van der Waals surface area contributed by atoms with Crippen LogP contribution >= 0.6 is 0 Å². The first-order chi connectivity index (χ1) is 7.36. The molecule has 0 spiro atoms. The lowest BCUT2D eigenvalue weighted by Gasteiger charge is -2.02. The Morgan fingerprint density at radius 2 is 2.27 bits per heavy atom. The standard InChI is InChI=1S/C10H11N5/c11-10-7-2-1-3-8(7)14-15(10)9-4-5-12-6-13-9/h4-6H,1-3,11H2. The van der Waals surface area contributed by atoms with Crippen molar-refractivity contribution in [1.82, 2.24) is 19.7 Å². The molecule has 2 aromatic rings. The van der Waals surface area contributed by atoms with E-state index in [0.29, 0.717) is 0 Å². The molecule has 0 radical (unpaired) electrons. The van der Waals surface area contributed by atoms with E-state index in [0.717, 1.165) is 36.6 Å². The molecule has 0 saturated carbocycles. The monoisotopic (exact) mass is 201 g/mol. The van der Waals surface area contributed by atoms with Gasteiger partial charge < -0.3 is 5.73 Å².